The number of nitrogens with one attached hydrogen (secondary N) is 1. The van der Waals surface area contributed by atoms with Crippen LogP contribution in [0.25, 0.3) is 0 Å². The number of carbonyl (C=O) groups is 1. The molecule has 0 saturated heterocycles. The van der Waals surface area contributed by atoms with Crippen molar-refractivity contribution in [3.63, 3.8) is 0 Å². The van der Waals surface area contributed by atoms with E-state index in [4.69, 9.17) is 5.73 Å². The highest BCUT2D eigenvalue weighted by atomic mass is 16.1. The lowest BCUT2D eigenvalue weighted by molar-refractivity contribution is 0.0953. The molecule has 0 aliphatic rings. The van der Waals surface area contributed by atoms with Crippen LogP contribution in [0.2, 0.25) is 0 Å². The second-order valence-electron chi connectivity index (χ2n) is 4.56. The smallest absolute Gasteiger partial charge is 0.251 e. The first-order valence-corrected chi connectivity index (χ1v) is 6.19. The van der Waals surface area contributed by atoms with E-state index < -0.39 is 0 Å². The number of hydrogen-bond donors (Lipinski definition) is 2. The van der Waals surface area contributed by atoms with Crippen molar-refractivity contribution in [1.82, 2.24) is 15.1 Å². The van der Waals surface area contributed by atoms with E-state index in [1.807, 2.05) is 32.3 Å². The van der Waals surface area contributed by atoms with E-state index in [1.165, 1.54) is 0 Å². The molecule has 19 heavy (non-hydrogen) atoms. The number of nitrogens with zero attached hydrogens (tertiary/aromatic N) is 2. The van der Waals surface area contributed by atoms with Gasteiger partial charge in [0.05, 0.1) is 5.69 Å². The van der Waals surface area contributed by atoms with E-state index in [0.717, 1.165) is 11.3 Å². The molecule has 2 rings (SSSR count). The zero-order valence-electron chi connectivity index (χ0n) is 11.2. The van der Waals surface area contributed by atoms with Crippen LogP contribution in [0.15, 0.2) is 30.5 Å². The zero-order chi connectivity index (χ0) is 13.8. The Morgan fingerprint density at radius 1 is 1.42 bits per heavy atom. The summed E-state index contributed by atoms with van der Waals surface area (Å²) in [6, 6.07) is 7.28. The van der Waals surface area contributed by atoms with Gasteiger partial charge in [-0.25, -0.2) is 0 Å². The molecule has 5 nitrogen and oxygen atoms in total. The Morgan fingerprint density at radius 2 is 2.21 bits per heavy atom. The summed E-state index contributed by atoms with van der Waals surface area (Å²) in [4.78, 5) is 12.0. The average molecular weight is 258 g/mol. The monoisotopic (exact) mass is 258 g/mol. The number of aryl methyl sites for hydroxylation is 2. The van der Waals surface area contributed by atoms with Crippen LogP contribution >= 0.6 is 0 Å². The van der Waals surface area contributed by atoms with Crippen LogP contribution in [0.3, 0.4) is 0 Å². The first-order valence-electron chi connectivity index (χ1n) is 6.19. The van der Waals surface area contributed by atoms with Crippen molar-refractivity contribution in [3.05, 3.63) is 47.3 Å². The Morgan fingerprint density at radius 3 is 2.89 bits per heavy atom. The molecule has 0 fully saturated rings. The minimum atomic E-state index is -0.0965. The quantitative estimate of drug-likeness (QED) is 0.811. The van der Waals surface area contributed by atoms with Crippen molar-refractivity contribution < 1.29 is 4.79 Å². The van der Waals surface area contributed by atoms with Gasteiger partial charge in [-0.3, -0.25) is 9.48 Å². The van der Waals surface area contributed by atoms with Gasteiger partial charge in [0.25, 0.3) is 5.91 Å². The van der Waals surface area contributed by atoms with E-state index in [0.29, 0.717) is 24.2 Å². The molecule has 5 heteroatoms. The SMILES string of the molecule is Cc1ccc(N)cc1C(=O)NCCc1ccn(C)n1. The van der Waals surface area contributed by atoms with Crippen LogP contribution in [-0.2, 0) is 13.5 Å². The van der Waals surface area contributed by atoms with E-state index in [9.17, 15) is 4.79 Å². The lowest BCUT2D eigenvalue weighted by atomic mass is 10.1. The summed E-state index contributed by atoms with van der Waals surface area (Å²) in [5.74, 6) is -0.0965. The second kappa shape index (κ2) is 5.56. The highest BCUT2D eigenvalue weighted by Crippen LogP contribution is 2.12. The predicted molar refractivity (Wildman–Crippen MR) is 74.8 cm³/mol. The minimum Gasteiger partial charge on any atom is -0.399 e. The summed E-state index contributed by atoms with van der Waals surface area (Å²) in [7, 11) is 1.87. The summed E-state index contributed by atoms with van der Waals surface area (Å²) in [5, 5.41) is 7.14. The number of rotatable bonds is 4. The van der Waals surface area contributed by atoms with Gasteiger partial charge in [-0.1, -0.05) is 6.07 Å². The first-order chi connectivity index (χ1) is 9.06. The molecule has 0 atom stereocenters. The van der Waals surface area contributed by atoms with Crippen LogP contribution in [0, 0.1) is 6.92 Å². The van der Waals surface area contributed by atoms with E-state index in [2.05, 4.69) is 10.4 Å². The molecular formula is C14H18N4O. The predicted octanol–water partition coefficient (Wildman–Crippen LogP) is 1.28. The molecule has 1 amide bonds. The number of benzene rings is 1. The van der Waals surface area contributed by atoms with Crippen LogP contribution in [0.5, 0.6) is 0 Å². The second-order valence-corrected chi connectivity index (χ2v) is 4.56. The molecule has 0 unspecified atom stereocenters. The lowest BCUT2D eigenvalue weighted by Crippen LogP contribution is -2.26. The summed E-state index contributed by atoms with van der Waals surface area (Å²) < 4.78 is 1.75. The molecule has 0 aliphatic carbocycles. The normalized spacial score (nSPS) is 10.4. The summed E-state index contributed by atoms with van der Waals surface area (Å²) in [6.45, 7) is 2.46. The van der Waals surface area contributed by atoms with Gasteiger partial charge >= 0.3 is 0 Å². The molecular weight excluding hydrogens is 240 g/mol. The largest absolute Gasteiger partial charge is 0.399 e. The molecule has 0 bridgehead atoms. The van der Waals surface area contributed by atoms with Crippen LogP contribution < -0.4 is 11.1 Å². The van der Waals surface area contributed by atoms with Gasteiger partial charge in [0.1, 0.15) is 0 Å². The highest BCUT2D eigenvalue weighted by molar-refractivity contribution is 5.96. The Balaban J connectivity index is 1.92. The van der Waals surface area contributed by atoms with Crippen molar-refractivity contribution in [1.29, 1.82) is 0 Å². The molecule has 0 spiro atoms. The Bertz CT molecular complexity index is 589. The summed E-state index contributed by atoms with van der Waals surface area (Å²) >= 11 is 0. The third-order valence-electron chi connectivity index (χ3n) is 2.94. The van der Waals surface area contributed by atoms with Crippen LogP contribution in [-0.4, -0.2) is 22.2 Å². The molecule has 100 valence electrons. The Hall–Kier alpha value is -2.30. The van der Waals surface area contributed by atoms with Gasteiger partial charge in [0, 0.05) is 37.5 Å². The maximum absolute atomic E-state index is 12.0. The van der Waals surface area contributed by atoms with Gasteiger partial charge in [-0.05, 0) is 30.7 Å². The maximum Gasteiger partial charge on any atom is 0.251 e. The van der Waals surface area contributed by atoms with Gasteiger partial charge in [0.15, 0.2) is 0 Å². The summed E-state index contributed by atoms with van der Waals surface area (Å²) in [6.07, 6.45) is 2.60. The average Bonchev–Trinajstić information content (AvgIpc) is 2.78. The number of carbonyl (C=O) groups excluding carboxylic acids is 1. The van der Waals surface area contributed by atoms with Gasteiger partial charge in [-0.15, -0.1) is 0 Å². The summed E-state index contributed by atoms with van der Waals surface area (Å²) in [5.41, 5.74) is 8.80. The number of aromatic nitrogens is 2. The molecule has 3 N–H and O–H groups in total. The van der Waals surface area contributed by atoms with Crippen molar-refractivity contribution >= 4 is 11.6 Å². The maximum atomic E-state index is 12.0. The fourth-order valence-electron chi connectivity index (χ4n) is 1.88. The van der Waals surface area contributed by atoms with Crippen molar-refractivity contribution in [3.8, 4) is 0 Å². The fourth-order valence-corrected chi connectivity index (χ4v) is 1.88. The van der Waals surface area contributed by atoms with Crippen LogP contribution in [0.1, 0.15) is 21.6 Å². The molecule has 0 radical (unpaired) electrons. The number of amides is 1. The number of nitrogens with two attached hydrogens (primary N) is 1. The number of nitrogen functional groups attached to an aromatic ring is 1. The van der Waals surface area contributed by atoms with E-state index >= 15 is 0 Å². The van der Waals surface area contributed by atoms with Crippen molar-refractivity contribution in [2.45, 2.75) is 13.3 Å². The molecule has 0 aliphatic heterocycles. The third kappa shape index (κ3) is 3.34. The topological polar surface area (TPSA) is 72.9 Å². The molecule has 0 saturated carbocycles. The standard InChI is InChI=1S/C14H18N4O/c1-10-3-4-11(15)9-13(10)14(19)16-7-5-12-6-8-18(2)17-12/h3-4,6,8-9H,5,7,15H2,1-2H3,(H,16,19). The Kier molecular flexibility index (Phi) is 3.85. The van der Waals surface area contributed by atoms with E-state index in [-0.39, 0.29) is 5.91 Å². The van der Waals surface area contributed by atoms with Crippen LogP contribution in [0.4, 0.5) is 5.69 Å². The molecule has 1 aromatic heterocycles. The highest BCUT2D eigenvalue weighted by Gasteiger charge is 2.09. The molecule has 2 aromatic rings. The van der Waals surface area contributed by atoms with Crippen molar-refractivity contribution in [2.24, 2.45) is 7.05 Å². The van der Waals surface area contributed by atoms with Gasteiger partial charge in [-0.2, -0.15) is 5.10 Å². The van der Waals surface area contributed by atoms with Crippen molar-refractivity contribution in [2.75, 3.05) is 12.3 Å². The van der Waals surface area contributed by atoms with E-state index in [1.54, 1.807) is 16.8 Å². The third-order valence-corrected chi connectivity index (χ3v) is 2.94. The Labute approximate surface area is 112 Å². The number of anilines is 1. The lowest BCUT2D eigenvalue weighted by Gasteiger charge is -2.07. The van der Waals surface area contributed by atoms with Gasteiger partial charge in [0.2, 0.25) is 0 Å². The minimum absolute atomic E-state index is 0.0965. The fraction of sp³-hybridized carbons (Fsp3) is 0.286. The zero-order valence-corrected chi connectivity index (χ0v) is 11.2. The molecule has 1 aromatic carbocycles. The van der Waals surface area contributed by atoms with Gasteiger partial charge < -0.3 is 11.1 Å². The molecule has 1 heterocycles. The first kappa shape index (κ1) is 13.1. The number of hydrogen-bond acceptors (Lipinski definition) is 3.